The van der Waals surface area contributed by atoms with Crippen LogP contribution in [0.2, 0.25) is 0 Å². The molecule has 1 aromatic heterocycles. The molecule has 0 saturated heterocycles. The molecular formula is C13H11F4N3O2. The predicted octanol–water partition coefficient (Wildman–Crippen LogP) is 3.19. The van der Waals surface area contributed by atoms with E-state index < -0.39 is 17.9 Å². The summed E-state index contributed by atoms with van der Waals surface area (Å²) in [6.07, 6.45) is -4.28. The van der Waals surface area contributed by atoms with E-state index in [4.69, 9.17) is 0 Å². The highest BCUT2D eigenvalue weighted by Gasteiger charge is 2.38. The van der Waals surface area contributed by atoms with Crippen molar-refractivity contribution in [2.45, 2.75) is 25.4 Å². The fourth-order valence-corrected chi connectivity index (χ4v) is 1.63. The van der Waals surface area contributed by atoms with E-state index in [1.54, 1.807) is 0 Å². The molecule has 0 fully saturated rings. The second kappa shape index (κ2) is 6.54. The summed E-state index contributed by atoms with van der Waals surface area (Å²) in [6, 6.07) is 5.21. The van der Waals surface area contributed by atoms with Crippen LogP contribution in [-0.4, -0.2) is 16.0 Å². The maximum atomic E-state index is 12.7. The predicted molar refractivity (Wildman–Crippen MR) is 67.3 cm³/mol. The van der Waals surface area contributed by atoms with Gasteiger partial charge in [0.1, 0.15) is 5.82 Å². The van der Waals surface area contributed by atoms with Gasteiger partial charge in [-0.05, 0) is 30.7 Å². The van der Waals surface area contributed by atoms with Crippen LogP contribution >= 0.6 is 0 Å². The van der Waals surface area contributed by atoms with E-state index in [0.29, 0.717) is 5.69 Å². The normalized spacial score (nSPS) is 11.5. The van der Waals surface area contributed by atoms with Crippen molar-refractivity contribution in [1.29, 1.82) is 0 Å². The fraction of sp³-hybridized carbons (Fsp3) is 0.308. The summed E-state index contributed by atoms with van der Waals surface area (Å²) in [5.74, 6) is -2.28. The van der Waals surface area contributed by atoms with Crippen molar-refractivity contribution in [2.75, 3.05) is 5.32 Å². The van der Waals surface area contributed by atoms with Gasteiger partial charge in [-0.1, -0.05) is 5.16 Å². The number of carbonyl (C=O) groups excluding carboxylic acids is 1. The summed E-state index contributed by atoms with van der Waals surface area (Å²) in [7, 11) is 0. The Morgan fingerprint density at radius 3 is 2.50 bits per heavy atom. The minimum absolute atomic E-state index is 0.0628. The fourth-order valence-electron chi connectivity index (χ4n) is 1.63. The number of rotatable bonds is 5. The molecular weight excluding hydrogens is 306 g/mol. The molecule has 22 heavy (non-hydrogen) atoms. The van der Waals surface area contributed by atoms with Gasteiger partial charge in [0.05, 0.1) is 0 Å². The first-order chi connectivity index (χ1) is 10.3. The number of halogens is 4. The molecule has 1 aromatic carbocycles. The lowest BCUT2D eigenvalue weighted by atomic mass is 10.2. The summed E-state index contributed by atoms with van der Waals surface area (Å²) in [5.41, 5.74) is 0.435. The Balaban J connectivity index is 1.77. The molecule has 0 unspecified atom stereocenters. The Hall–Kier alpha value is -2.45. The number of amides is 1. The molecule has 0 aliphatic heterocycles. The number of alkyl halides is 3. The quantitative estimate of drug-likeness (QED) is 0.860. The van der Waals surface area contributed by atoms with Gasteiger partial charge >= 0.3 is 12.1 Å². The highest BCUT2D eigenvalue weighted by atomic mass is 19.4. The Morgan fingerprint density at radius 1 is 1.23 bits per heavy atom. The maximum absolute atomic E-state index is 12.7. The zero-order valence-electron chi connectivity index (χ0n) is 11.2. The standard InChI is InChI=1S/C13H11F4N3O2/c14-8-4-6-9(7-5-8)18-11(21)3-1-2-10-19-12(22-20-10)13(15,16)17/h4-7H,1-3H2,(H,18,21). The monoisotopic (exact) mass is 317 g/mol. The molecule has 2 rings (SSSR count). The summed E-state index contributed by atoms with van der Waals surface area (Å²) >= 11 is 0. The van der Waals surface area contributed by atoms with Gasteiger partial charge in [-0.2, -0.15) is 18.2 Å². The van der Waals surface area contributed by atoms with Crippen LogP contribution in [0, 0.1) is 5.82 Å². The average molecular weight is 317 g/mol. The Morgan fingerprint density at radius 2 is 1.91 bits per heavy atom. The molecule has 0 aliphatic rings. The highest BCUT2D eigenvalue weighted by Crippen LogP contribution is 2.27. The van der Waals surface area contributed by atoms with E-state index in [9.17, 15) is 22.4 Å². The van der Waals surface area contributed by atoms with E-state index in [0.717, 1.165) is 0 Å². The van der Waals surface area contributed by atoms with Crippen molar-refractivity contribution in [3.05, 3.63) is 41.8 Å². The molecule has 1 heterocycles. The molecule has 0 spiro atoms. The third-order valence-electron chi connectivity index (χ3n) is 2.64. The zero-order valence-corrected chi connectivity index (χ0v) is 11.2. The van der Waals surface area contributed by atoms with Gasteiger partial charge in [-0.25, -0.2) is 4.39 Å². The van der Waals surface area contributed by atoms with Gasteiger partial charge < -0.3 is 9.84 Å². The Labute approximate surface area is 122 Å². The van der Waals surface area contributed by atoms with Crippen molar-refractivity contribution in [2.24, 2.45) is 0 Å². The van der Waals surface area contributed by atoms with Gasteiger partial charge in [-0.15, -0.1) is 0 Å². The van der Waals surface area contributed by atoms with Crippen LogP contribution in [0.15, 0.2) is 28.8 Å². The number of aromatic nitrogens is 2. The van der Waals surface area contributed by atoms with Crippen LogP contribution in [0.5, 0.6) is 0 Å². The third-order valence-corrected chi connectivity index (χ3v) is 2.64. The van der Waals surface area contributed by atoms with Crippen LogP contribution in [0.25, 0.3) is 0 Å². The van der Waals surface area contributed by atoms with Gasteiger partial charge in [0.25, 0.3) is 0 Å². The number of hydrogen-bond donors (Lipinski definition) is 1. The first-order valence-corrected chi connectivity index (χ1v) is 6.30. The van der Waals surface area contributed by atoms with Gasteiger partial charge in [0.2, 0.25) is 5.91 Å². The number of nitrogens with zero attached hydrogens (tertiary/aromatic N) is 2. The molecule has 0 saturated carbocycles. The summed E-state index contributed by atoms with van der Waals surface area (Å²) in [6.45, 7) is 0. The molecule has 0 radical (unpaired) electrons. The second-order valence-electron chi connectivity index (χ2n) is 4.42. The largest absolute Gasteiger partial charge is 0.471 e. The van der Waals surface area contributed by atoms with Crippen LogP contribution in [0.3, 0.4) is 0 Å². The summed E-state index contributed by atoms with van der Waals surface area (Å²) in [5, 5.41) is 5.73. The number of anilines is 1. The van der Waals surface area contributed by atoms with Crippen LogP contribution in [0.4, 0.5) is 23.2 Å². The van der Waals surface area contributed by atoms with E-state index in [2.05, 4.69) is 20.0 Å². The van der Waals surface area contributed by atoms with E-state index >= 15 is 0 Å². The molecule has 1 N–H and O–H groups in total. The first-order valence-electron chi connectivity index (χ1n) is 6.30. The summed E-state index contributed by atoms with van der Waals surface area (Å²) in [4.78, 5) is 14.8. The lowest BCUT2D eigenvalue weighted by Gasteiger charge is -2.04. The third kappa shape index (κ3) is 4.54. The first kappa shape index (κ1) is 15.9. The van der Waals surface area contributed by atoms with Crippen molar-refractivity contribution in [3.8, 4) is 0 Å². The van der Waals surface area contributed by atoms with Gasteiger partial charge in [-0.3, -0.25) is 4.79 Å². The molecule has 118 valence electrons. The average Bonchev–Trinajstić information content (AvgIpc) is 2.90. The lowest BCUT2D eigenvalue weighted by Crippen LogP contribution is -2.11. The molecule has 0 atom stereocenters. The number of benzene rings is 1. The molecule has 2 aromatic rings. The maximum Gasteiger partial charge on any atom is 0.471 e. The minimum Gasteiger partial charge on any atom is -0.329 e. The van der Waals surface area contributed by atoms with Crippen LogP contribution in [0.1, 0.15) is 24.6 Å². The van der Waals surface area contributed by atoms with Gasteiger partial charge in [0, 0.05) is 18.5 Å². The Bertz CT molecular complexity index is 637. The number of nitrogens with one attached hydrogen (secondary N) is 1. The topological polar surface area (TPSA) is 68.0 Å². The highest BCUT2D eigenvalue weighted by molar-refractivity contribution is 5.90. The van der Waals surface area contributed by atoms with E-state index in [1.807, 2.05) is 0 Å². The van der Waals surface area contributed by atoms with Crippen molar-refractivity contribution >= 4 is 11.6 Å². The SMILES string of the molecule is O=C(CCCc1noc(C(F)(F)F)n1)Nc1ccc(F)cc1. The molecule has 1 amide bonds. The number of carbonyl (C=O) groups is 1. The summed E-state index contributed by atoms with van der Waals surface area (Å²) < 4.78 is 53.5. The van der Waals surface area contributed by atoms with Gasteiger partial charge in [0.15, 0.2) is 5.82 Å². The van der Waals surface area contributed by atoms with Crippen molar-refractivity contribution in [3.63, 3.8) is 0 Å². The smallest absolute Gasteiger partial charge is 0.329 e. The van der Waals surface area contributed by atoms with Crippen molar-refractivity contribution < 1.29 is 26.9 Å². The Kier molecular flexibility index (Phi) is 4.74. The van der Waals surface area contributed by atoms with Crippen LogP contribution in [-0.2, 0) is 17.4 Å². The number of hydrogen-bond acceptors (Lipinski definition) is 4. The minimum atomic E-state index is -4.68. The zero-order chi connectivity index (χ0) is 16.2. The van der Waals surface area contributed by atoms with Crippen LogP contribution < -0.4 is 5.32 Å². The van der Waals surface area contributed by atoms with Crippen molar-refractivity contribution in [1.82, 2.24) is 10.1 Å². The second-order valence-corrected chi connectivity index (χ2v) is 4.42. The van der Waals surface area contributed by atoms with E-state index in [-0.39, 0.29) is 31.0 Å². The molecule has 0 bridgehead atoms. The molecule has 0 aliphatic carbocycles. The molecule has 5 nitrogen and oxygen atoms in total. The number of aryl methyl sites for hydroxylation is 1. The van der Waals surface area contributed by atoms with E-state index in [1.165, 1.54) is 24.3 Å². The lowest BCUT2D eigenvalue weighted by molar-refractivity contribution is -0.159. The molecule has 9 heteroatoms.